The van der Waals surface area contributed by atoms with Gasteiger partial charge in [-0.2, -0.15) is 5.10 Å². The van der Waals surface area contributed by atoms with Crippen LogP contribution in [0, 0.1) is 6.92 Å². The van der Waals surface area contributed by atoms with E-state index in [9.17, 15) is 4.79 Å². The third-order valence-electron chi connectivity index (χ3n) is 4.43. The van der Waals surface area contributed by atoms with Gasteiger partial charge in [-0.25, -0.2) is 4.68 Å². The molecule has 0 radical (unpaired) electrons. The molecule has 5 nitrogen and oxygen atoms in total. The summed E-state index contributed by atoms with van der Waals surface area (Å²) >= 11 is 0. The molecule has 0 saturated carbocycles. The van der Waals surface area contributed by atoms with E-state index in [4.69, 9.17) is 5.10 Å². The van der Waals surface area contributed by atoms with Crippen molar-refractivity contribution in [1.29, 1.82) is 0 Å². The summed E-state index contributed by atoms with van der Waals surface area (Å²) in [6, 6.07) is 23.4. The van der Waals surface area contributed by atoms with Crippen molar-refractivity contribution in [2.45, 2.75) is 13.5 Å². The van der Waals surface area contributed by atoms with Gasteiger partial charge >= 0.3 is 0 Å². The standard InChI is InChI=1S/C23H20N4O/c1-17-7-5-11-20(13-17)27-22(14-21(26-27)19-9-3-2-4-10-19)23(28)25-16-18-8-6-12-24-15-18/h2-15H,16H2,1H3,(H,25,28). The Morgan fingerprint density at radius 3 is 2.61 bits per heavy atom. The second-order valence-corrected chi connectivity index (χ2v) is 6.58. The van der Waals surface area contributed by atoms with E-state index in [1.54, 1.807) is 17.1 Å². The first kappa shape index (κ1) is 17.7. The van der Waals surface area contributed by atoms with Crippen LogP contribution >= 0.6 is 0 Å². The SMILES string of the molecule is Cc1cccc(-n2nc(-c3ccccc3)cc2C(=O)NCc2cccnc2)c1. The van der Waals surface area contributed by atoms with Crippen LogP contribution < -0.4 is 5.32 Å². The molecule has 0 atom stereocenters. The second-order valence-electron chi connectivity index (χ2n) is 6.58. The first-order chi connectivity index (χ1) is 13.7. The highest BCUT2D eigenvalue weighted by atomic mass is 16.2. The van der Waals surface area contributed by atoms with E-state index in [0.717, 1.165) is 28.1 Å². The zero-order valence-corrected chi connectivity index (χ0v) is 15.5. The van der Waals surface area contributed by atoms with Gasteiger partial charge in [0.25, 0.3) is 5.91 Å². The highest BCUT2D eigenvalue weighted by Crippen LogP contribution is 2.22. The van der Waals surface area contributed by atoms with Gasteiger partial charge in [0.15, 0.2) is 0 Å². The van der Waals surface area contributed by atoms with Crippen molar-refractivity contribution in [3.05, 3.63) is 102 Å². The summed E-state index contributed by atoms with van der Waals surface area (Å²) in [7, 11) is 0. The fourth-order valence-corrected chi connectivity index (χ4v) is 3.02. The molecule has 1 N–H and O–H groups in total. The molecular weight excluding hydrogens is 348 g/mol. The van der Waals surface area contributed by atoms with E-state index in [1.165, 1.54) is 0 Å². The maximum atomic E-state index is 12.9. The lowest BCUT2D eigenvalue weighted by Gasteiger charge is -2.09. The van der Waals surface area contributed by atoms with Crippen molar-refractivity contribution in [2.24, 2.45) is 0 Å². The number of hydrogen-bond acceptors (Lipinski definition) is 3. The molecule has 138 valence electrons. The van der Waals surface area contributed by atoms with E-state index in [0.29, 0.717) is 12.2 Å². The van der Waals surface area contributed by atoms with Crippen LogP contribution in [-0.4, -0.2) is 20.7 Å². The number of amides is 1. The van der Waals surface area contributed by atoms with Crippen LogP contribution in [-0.2, 0) is 6.54 Å². The first-order valence-corrected chi connectivity index (χ1v) is 9.10. The Hall–Kier alpha value is -3.73. The summed E-state index contributed by atoms with van der Waals surface area (Å²) in [5.74, 6) is -0.181. The molecule has 28 heavy (non-hydrogen) atoms. The zero-order chi connectivity index (χ0) is 19.3. The van der Waals surface area contributed by atoms with Crippen molar-refractivity contribution in [1.82, 2.24) is 20.1 Å². The molecule has 0 spiro atoms. The van der Waals surface area contributed by atoms with E-state index in [-0.39, 0.29) is 5.91 Å². The number of aromatic nitrogens is 3. The van der Waals surface area contributed by atoms with Gasteiger partial charge < -0.3 is 5.32 Å². The van der Waals surface area contributed by atoms with Crippen LogP contribution in [0.5, 0.6) is 0 Å². The molecule has 2 heterocycles. The fourth-order valence-electron chi connectivity index (χ4n) is 3.02. The first-order valence-electron chi connectivity index (χ1n) is 9.10. The minimum Gasteiger partial charge on any atom is -0.347 e. The number of pyridine rings is 1. The van der Waals surface area contributed by atoms with Crippen LogP contribution in [0.25, 0.3) is 16.9 Å². The van der Waals surface area contributed by atoms with Crippen LogP contribution in [0.1, 0.15) is 21.6 Å². The molecule has 5 heteroatoms. The molecule has 0 aliphatic heterocycles. The number of nitrogens with one attached hydrogen (secondary N) is 1. The highest BCUT2D eigenvalue weighted by molar-refractivity contribution is 5.94. The fraction of sp³-hybridized carbons (Fsp3) is 0.0870. The van der Waals surface area contributed by atoms with Gasteiger partial charge in [0.1, 0.15) is 5.69 Å². The number of aryl methyl sites for hydroxylation is 1. The lowest BCUT2D eigenvalue weighted by molar-refractivity contribution is 0.0943. The maximum Gasteiger partial charge on any atom is 0.270 e. The van der Waals surface area contributed by atoms with E-state index >= 15 is 0 Å². The van der Waals surface area contributed by atoms with Crippen LogP contribution in [0.3, 0.4) is 0 Å². The predicted octanol–water partition coefficient (Wildman–Crippen LogP) is 4.17. The molecule has 0 unspecified atom stereocenters. The maximum absolute atomic E-state index is 12.9. The van der Waals surface area contributed by atoms with Gasteiger partial charge in [0, 0.05) is 24.5 Å². The summed E-state index contributed by atoms with van der Waals surface area (Å²) in [4.78, 5) is 17.0. The Kier molecular flexibility index (Phi) is 4.97. The molecule has 1 amide bonds. The molecule has 0 aliphatic carbocycles. The minimum absolute atomic E-state index is 0.181. The summed E-state index contributed by atoms with van der Waals surface area (Å²) in [6.45, 7) is 2.43. The van der Waals surface area contributed by atoms with E-state index < -0.39 is 0 Å². The van der Waals surface area contributed by atoms with Gasteiger partial charge in [0.05, 0.1) is 11.4 Å². The lowest BCUT2D eigenvalue weighted by Crippen LogP contribution is -2.25. The molecule has 2 aromatic heterocycles. The Bertz CT molecular complexity index is 1090. The van der Waals surface area contributed by atoms with Gasteiger partial charge in [-0.3, -0.25) is 9.78 Å². The third kappa shape index (κ3) is 3.83. The Morgan fingerprint density at radius 1 is 1.00 bits per heavy atom. The molecule has 2 aromatic carbocycles. The Labute approximate surface area is 163 Å². The average molecular weight is 368 g/mol. The molecule has 0 saturated heterocycles. The smallest absolute Gasteiger partial charge is 0.270 e. The number of carbonyl (C=O) groups excluding carboxylic acids is 1. The quantitative estimate of drug-likeness (QED) is 0.575. The van der Waals surface area contributed by atoms with Crippen LogP contribution in [0.2, 0.25) is 0 Å². The summed E-state index contributed by atoms with van der Waals surface area (Å²) in [6.07, 6.45) is 3.46. The number of benzene rings is 2. The predicted molar refractivity (Wildman–Crippen MR) is 109 cm³/mol. The number of nitrogens with zero attached hydrogens (tertiary/aromatic N) is 3. The molecule has 0 aliphatic rings. The number of hydrogen-bond donors (Lipinski definition) is 1. The zero-order valence-electron chi connectivity index (χ0n) is 15.5. The lowest BCUT2D eigenvalue weighted by atomic mass is 10.1. The van der Waals surface area contributed by atoms with Crippen LogP contribution in [0.4, 0.5) is 0 Å². The highest BCUT2D eigenvalue weighted by Gasteiger charge is 2.17. The second kappa shape index (κ2) is 7.88. The van der Waals surface area contributed by atoms with Gasteiger partial charge in [0.2, 0.25) is 0 Å². The van der Waals surface area contributed by atoms with Crippen LogP contribution in [0.15, 0.2) is 85.2 Å². The third-order valence-corrected chi connectivity index (χ3v) is 4.43. The average Bonchev–Trinajstić information content (AvgIpc) is 3.19. The van der Waals surface area contributed by atoms with E-state index in [1.807, 2.05) is 79.7 Å². The molecular formula is C23H20N4O. The van der Waals surface area contributed by atoms with Crippen molar-refractivity contribution >= 4 is 5.91 Å². The number of carbonyl (C=O) groups is 1. The van der Waals surface area contributed by atoms with Crippen molar-refractivity contribution in [3.8, 4) is 16.9 Å². The topological polar surface area (TPSA) is 59.8 Å². The molecule has 0 bridgehead atoms. The minimum atomic E-state index is -0.181. The Balaban J connectivity index is 1.70. The van der Waals surface area contributed by atoms with Crippen molar-refractivity contribution in [3.63, 3.8) is 0 Å². The van der Waals surface area contributed by atoms with Gasteiger partial charge in [-0.15, -0.1) is 0 Å². The van der Waals surface area contributed by atoms with Crippen molar-refractivity contribution in [2.75, 3.05) is 0 Å². The summed E-state index contributed by atoms with van der Waals surface area (Å²) in [5, 5.41) is 7.68. The van der Waals surface area contributed by atoms with Crippen molar-refractivity contribution < 1.29 is 4.79 Å². The molecule has 4 aromatic rings. The summed E-state index contributed by atoms with van der Waals surface area (Å²) < 4.78 is 1.70. The van der Waals surface area contributed by atoms with Gasteiger partial charge in [-0.1, -0.05) is 48.5 Å². The number of rotatable bonds is 5. The molecule has 4 rings (SSSR count). The largest absolute Gasteiger partial charge is 0.347 e. The Morgan fingerprint density at radius 2 is 1.86 bits per heavy atom. The normalized spacial score (nSPS) is 10.6. The van der Waals surface area contributed by atoms with E-state index in [2.05, 4.69) is 10.3 Å². The molecule has 0 fully saturated rings. The monoisotopic (exact) mass is 368 g/mol. The summed E-state index contributed by atoms with van der Waals surface area (Å²) in [5.41, 5.74) is 5.13. The van der Waals surface area contributed by atoms with Gasteiger partial charge in [-0.05, 0) is 42.3 Å².